The van der Waals surface area contributed by atoms with Crippen LogP contribution in [-0.4, -0.2) is 21.9 Å². The molecule has 0 aliphatic carbocycles. The topological polar surface area (TPSA) is 9.23 Å². The van der Waals surface area contributed by atoms with Gasteiger partial charge in [0.2, 0.25) is 0 Å². The van der Waals surface area contributed by atoms with E-state index in [1.807, 2.05) is 0 Å². The zero-order chi connectivity index (χ0) is 17.8. The van der Waals surface area contributed by atoms with Crippen LogP contribution in [0.25, 0.3) is 0 Å². The SMILES string of the molecule is CCCCCCCCCCCCCCCCCC[SiH2]C1CCCCO1. The Labute approximate surface area is 161 Å². The van der Waals surface area contributed by atoms with Crippen molar-refractivity contribution in [2.75, 3.05) is 6.61 Å². The highest BCUT2D eigenvalue weighted by Crippen LogP contribution is 2.16. The summed E-state index contributed by atoms with van der Waals surface area (Å²) in [6.45, 7) is 3.35. The smallest absolute Gasteiger partial charge is 0.0555 e. The predicted molar refractivity (Wildman–Crippen MR) is 116 cm³/mol. The van der Waals surface area contributed by atoms with Crippen LogP contribution in [0.1, 0.15) is 129 Å². The molecular formula is C23H48OSi. The van der Waals surface area contributed by atoms with Gasteiger partial charge in [0, 0.05) is 12.3 Å². The Morgan fingerprint density at radius 1 is 0.640 bits per heavy atom. The molecule has 1 fully saturated rings. The molecule has 0 N–H and O–H groups in total. The van der Waals surface area contributed by atoms with Crippen LogP contribution in [0, 0.1) is 0 Å². The molecule has 25 heavy (non-hydrogen) atoms. The summed E-state index contributed by atoms with van der Waals surface area (Å²) in [4.78, 5) is 0. The van der Waals surface area contributed by atoms with Crippen molar-refractivity contribution in [1.29, 1.82) is 0 Å². The fourth-order valence-corrected chi connectivity index (χ4v) is 6.14. The summed E-state index contributed by atoms with van der Waals surface area (Å²) in [6, 6.07) is 1.53. The maximum absolute atomic E-state index is 5.87. The Morgan fingerprint density at radius 2 is 1.12 bits per heavy atom. The molecule has 1 atom stereocenters. The fraction of sp³-hybridized carbons (Fsp3) is 1.00. The van der Waals surface area contributed by atoms with Crippen molar-refractivity contribution in [1.82, 2.24) is 0 Å². The third-order valence-electron chi connectivity index (χ3n) is 5.90. The molecule has 0 aromatic heterocycles. The van der Waals surface area contributed by atoms with E-state index in [-0.39, 0.29) is 9.52 Å². The monoisotopic (exact) mass is 368 g/mol. The predicted octanol–water partition coefficient (Wildman–Crippen LogP) is 7.36. The first-order valence-corrected chi connectivity index (χ1v) is 13.9. The van der Waals surface area contributed by atoms with Crippen LogP contribution < -0.4 is 0 Å². The molecule has 0 aromatic carbocycles. The molecule has 0 bridgehead atoms. The van der Waals surface area contributed by atoms with E-state index < -0.39 is 0 Å². The summed E-state index contributed by atoms with van der Waals surface area (Å²) >= 11 is 0. The average molecular weight is 369 g/mol. The second kappa shape index (κ2) is 19.0. The van der Waals surface area contributed by atoms with Crippen molar-refractivity contribution in [3.63, 3.8) is 0 Å². The first-order chi connectivity index (χ1) is 12.4. The molecule has 0 radical (unpaired) electrons. The second-order valence-corrected chi connectivity index (χ2v) is 10.6. The van der Waals surface area contributed by atoms with Gasteiger partial charge in [-0.3, -0.25) is 0 Å². The molecular weight excluding hydrogens is 320 g/mol. The second-order valence-electron chi connectivity index (χ2n) is 8.43. The van der Waals surface area contributed by atoms with Gasteiger partial charge >= 0.3 is 0 Å². The minimum atomic E-state index is 0.0787. The summed E-state index contributed by atoms with van der Waals surface area (Å²) in [6.07, 6.45) is 27.7. The van der Waals surface area contributed by atoms with Gasteiger partial charge in [-0.05, 0) is 19.3 Å². The summed E-state index contributed by atoms with van der Waals surface area (Å²) in [5.41, 5.74) is 0.741. The van der Waals surface area contributed by atoms with Gasteiger partial charge in [-0.1, -0.05) is 116 Å². The molecule has 1 aliphatic heterocycles. The van der Waals surface area contributed by atoms with E-state index in [4.69, 9.17) is 4.74 Å². The Hall–Kier alpha value is 0.177. The molecule has 0 aromatic rings. The third-order valence-corrected chi connectivity index (χ3v) is 8.10. The highest BCUT2D eigenvalue weighted by molar-refractivity contribution is 6.37. The molecule has 0 amide bonds. The number of rotatable bonds is 18. The standard InChI is InChI=1S/C23H48OSi/c1-2-3-4-5-6-7-8-9-10-11-12-13-14-15-16-19-22-25-23-20-17-18-21-24-23/h23H,2-22,25H2,1H3. The summed E-state index contributed by atoms with van der Waals surface area (Å²) in [7, 11) is 0.0787. The first-order valence-electron chi connectivity index (χ1n) is 12.0. The highest BCUT2D eigenvalue weighted by Gasteiger charge is 2.13. The zero-order valence-corrected chi connectivity index (χ0v) is 19.0. The van der Waals surface area contributed by atoms with Crippen molar-refractivity contribution in [3.05, 3.63) is 0 Å². The number of ether oxygens (including phenoxy) is 1. The molecule has 0 saturated carbocycles. The quantitative estimate of drug-likeness (QED) is 0.181. The van der Waals surface area contributed by atoms with E-state index in [0.717, 1.165) is 12.3 Å². The van der Waals surface area contributed by atoms with Gasteiger partial charge in [0.15, 0.2) is 0 Å². The van der Waals surface area contributed by atoms with Crippen LogP contribution in [0.2, 0.25) is 6.04 Å². The van der Waals surface area contributed by atoms with Crippen LogP contribution in [0.15, 0.2) is 0 Å². The molecule has 1 nitrogen and oxygen atoms in total. The highest BCUT2D eigenvalue weighted by atomic mass is 28.2. The van der Waals surface area contributed by atoms with Gasteiger partial charge in [0.1, 0.15) is 0 Å². The lowest BCUT2D eigenvalue weighted by molar-refractivity contribution is 0.0649. The molecule has 1 heterocycles. The van der Waals surface area contributed by atoms with E-state index in [1.54, 1.807) is 0 Å². The maximum atomic E-state index is 5.87. The molecule has 2 heteroatoms. The number of hydrogen-bond acceptors (Lipinski definition) is 1. The molecule has 0 spiro atoms. The van der Waals surface area contributed by atoms with Crippen LogP contribution in [-0.2, 0) is 4.74 Å². The first kappa shape index (κ1) is 23.2. The Bertz CT molecular complexity index is 250. The van der Waals surface area contributed by atoms with Gasteiger partial charge < -0.3 is 4.74 Å². The maximum Gasteiger partial charge on any atom is 0.0555 e. The lowest BCUT2D eigenvalue weighted by Crippen LogP contribution is -2.25. The van der Waals surface area contributed by atoms with E-state index in [2.05, 4.69) is 6.92 Å². The van der Waals surface area contributed by atoms with E-state index in [0.29, 0.717) is 0 Å². The summed E-state index contributed by atoms with van der Waals surface area (Å²) in [5, 5.41) is 0. The number of unbranched alkanes of at least 4 members (excludes halogenated alkanes) is 15. The van der Waals surface area contributed by atoms with Gasteiger partial charge in [-0.25, -0.2) is 0 Å². The van der Waals surface area contributed by atoms with Gasteiger partial charge in [-0.15, -0.1) is 0 Å². The van der Waals surface area contributed by atoms with E-state index in [9.17, 15) is 0 Å². The van der Waals surface area contributed by atoms with Crippen molar-refractivity contribution < 1.29 is 4.74 Å². The Morgan fingerprint density at radius 3 is 1.56 bits per heavy atom. The van der Waals surface area contributed by atoms with E-state index in [1.165, 1.54) is 128 Å². The van der Waals surface area contributed by atoms with Crippen molar-refractivity contribution in [3.8, 4) is 0 Å². The van der Waals surface area contributed by atoms with Gasteiger partial charge in [0.25, 0.3) is 0 Å². The third kappa shape index (κ3) is 16.1. The molecule has 1 unspecified atom stereocenters. The van der Waals surface area contributed by atoms with Crippen molar-refractivity contribution in [2.24, 2.45) is 0 Å². The van der Waals surface area contributed by atoms with Crippen LogP contribution in [0.4, 0.5) is 0 Å². The lowest BCUT2D eigenvalue weighted by atomic mass is 10.0. The number of hydrogen-bond donors (Lipinski definition) is 0. The largest absolute Gasteiger partial charge is 0.382 e. The van der Waals surface area contributed by atoms with Crippen LogP contribution in [0.3, 0.4) is 0 Å². The van der Waals surface area contributed by atoms with Crippen molar-refractivity contribution in [2.45, 2.75) is 141 Å². The fourth-order valence-electron chi connectivity index (χ4n) is 4.13. The van der Waals surface area contributed by atoms with E-state index >= 15 is 0 Å². The van der Waals surface area contributed by atoms with Crippen LogP contribution >= 0.6 is 0 Å². The minimum absolute atomic E-state index is 0.0787. The lowest BCUT2D eigenvalue weighted by Gasteiger charge is -2.22. The van der Waals surface area contributed by atoms with Crippen molar-refractivity contribution >= 4 is 9.52 Å². The minimum Gasteiger partial charge on any atom is -0.382 e. The summed E-state index contributed by atoms with van der Waals surface area (Å²) in [5.74, 6) is 0. The van der Waals surface area contributed by atoms with Crippen LogP contribution in [0.5, 0.6) is 0 Å². The van der Waals surface area contributed by atoms with Gasteiger partial charge in [-0.2, -0.15) is 0 Å². The summed E-state index contributed by atoms with van der Waals surface area (Å²) < 4.78 is 5.87. The Kier molecular flexibility index (Phi) is 17.6. The average Bonchev–Trinajstić information content (AvgIpc) is 2.65. The molecule has 1 aliphatic rings. The van der Waals surface area contributed by atoms with Gasteiger partial charge in [0.05, 0.1) is 9.52 Å². The Balaban J connectivity index is 1.65. The molecule has 1 rings (SSSR count). The molecule has 150 valence electrons. The molecule has 1 saturated heterocycles. The zero-order valence-electron chi connectivity index (χ0n) is 17.5. The normalized spacial score (nSPS) is 18.4.